The topological polar surface area (TPSA) is 0 Å². The third kappa shape index (κ3) is 19.0. The second kappa shape index (κ2) is 29.8. The van der Waals surface area contributed by atoms with E-state index in [4.69, 9.17) is 0 Å². The van der Waals surface area contributed by atoms with Crippen LogP contribution in [0.4, 0.5) is 0 Å². The van der Waals surface area contributed by atoms with Crippen LogP contribution in [0.5, 0.6) is 0 Å². The maximum atomic E-state index is 2.55. The van der Waals surface area contributed by atoms with Gasteiger partial charge in [0.25, 0.3) is 0 Å². The van der Waals surface area contributed by atoms with Crippen molar-refractivity contribution >= 4 is 7.26 Å². The van der Waals surface area contributed by atoms with Crippen LogP contribution in [0.25, 0.3) is 0 Å². The molecule has 0 heterocycles. The van der Waals surface area contributed by atoms with Crippen molar-refractivity contribution in [2.24, 2.45) is 11.8 Å². The van der Waals surface area contributed by atoms with Gasteiger partial charge < -0.3 is 0 Å². The van der Waals surface area contributed by atoms with Gasteiger partial charge in [-0.3, -0.25) is 0 Å². The standard InChI is InChI=1S/C42H89P/c1-9-17-23-24-25-26-27-28-29-30-31-34-42(38-40(15-7)32-18-10-2,39-41(16-8)33-19-11-3)43(35-20-12-4,36-21-13-5)37-22-14-6/h40-41,43H,9-39H2,1-8H3. The number of unbranched alkanes of at least 4 members (excludes halogenated alkanes) is 15. The molecule has 0 fully saturated rings. The van der Waals surface area contributed by atoms with Crippen molar-refractivity contribution in [2.75, 3.05) is 18.5 Å². The SMILES string of the molecule is CCCCCCCCCCCCCC(CC(CC)CCCC)(CC(CC)CCCC)[PH](CCCC)(CCCC)CCCC. The molecule has 0 aromatic heterocycles. The van der Waals surface area contributed by atoms with Gasteiger partial charge in [0.1, 0.15) is 0 Å². The number of hydrogen-bond acceptors (Lipinski definition) is 0. The van der Waals surface area contributed by atoms with E-state index in [1.54, 1.807) is 37.7 Å². The van der Waals surface area contributed by atoms with Crippen LogP contribution in [-0.4, -0.2) is 23.6 Å². The molecule has 0 aliphatic carbocycles. The molecule has 2 unspecified atom stereocenters. The third-order valence-electron chi connectivity index (χ3n) is 11.9. The van der Waals surface area contributed by atoms with Crippen molar-refractivity contribution in [3.63, 3.8) is 0 Å². The molecule has 262 valence electrons. The van der Waals surface area contributed by atoms with Crippen molar-refractivity contribution in [3.05, 3.63) is 0 Å². The Hall–Kier alpha value is 0.430. The first-order valence-electron chi connectivity index (χ1n) is 21.0. The normalized spacial score (nSPS) is 15.4. The van der Waals surface area contributed by atoms with E-state index >= 15 is 0 Å². The zero-order chi connectivity index (χ0) is 32.1. The quantitative estimate of drug-likeness (QED) is 0.0493. The van der Waals surface area contributed by atoms with Gasteiger partial charge in [0.05, 0.1) is 0 Å². The summed E-state index contributed by atoms with van der Waals surface area (Å²) >= 11 is 0. The summed E-state index contributed by atoms with van der Waals surface area (Å²) in [6, 6.07) is 0. The van der Waals surface area contributed by atoms with Gasteiger partial charge in [0.2, 0.25) is 0 Å². The van der Waals surface area contributed by atoms with Gasteiger partial charge in [-0.2, -0.15) is 0 Å². The molecule has 0 radical (unpaired) electrons. The van der Waals surface area contributed by atoms with E-state index < -0.39 is 7.26 Å². The van der Waals surface area contributed by atoms with Crippen LogP contribution in [0.2, 0.25) is 0 Å². The van der Waals surface area contributed by atoms with Crippen molar-refractivity contribution in [2.45, 2.75) is 240 Å². The second-order valence-electron chi connectivity index (χ2n) is 15.4. The first-order valence-corrected chi connectivity index (χ1v) is 23.6. The average molecular weight is 625 g/mol. The fraction of sp³-hybridized carbons (Fsp3) is 1.00. The fourth-order valence-corrected chi connectivity index (χ4v) is 16.4. The summed E-state index contributed by atoms with van der Waals surface area (Å²) in [5, 5.41) is 0.689. The molecular formula is C42H89P. The molecule has 0 N–H and O–H groups in total. The second-order valence-corrected chi connectivity index (χ2v) is 20.5. The van der Waals surface area contributed by atoms with Crippen molar-refractivity contribution < 1.29 is 0 Å². The zero-order valence-electron chi connectivity index (χ0n) is 32.1. The van der Waals surface area contributed by atoms with E-state index in [1.807, 2.05) is 0 Å². The molecule has 0 spiro atoms. The molecule has 0 amide bonds. The molecule has 0 saturated carbocycles. The van der Waals surface area contributed by atoms with Crippen LogP contribution in [0.15, 0.2) is 0 Å². The fourth-order valence-electron chi connectivity index (χ4n) is 8.82. The Morgan fingerprint density at radius 2 is 0.698 bits per heavy atom. The van der Waals surface area contributed by atoms with Gasteiger partial charge in [-0.15, -0.1) is 0 Å². The van der Waals surface area contributed by atoms with Crippen LogP contribution >= 0.6 is 7.26 Å². The average Bonchev–Trinajstić information content (AvgIpc) is 3.03. The first-order chi connectivity index (χ1) is 21.0. The van der Waals surface area contributed by atoms with Gasteiger partial charge in [-0.25, -0.2) is 0 Å². The monoisotopic (exact) mass is 625 g/mol. The van der Waals surface area contributed by atoms with Crippen LogP contribution < -0.4 is 0 Å². The summed E-state index contributed by atoms with van der Waals surface area (Å²) in [7, 11) is -1.47. The molecule has 0 aromatic rings. The molecule has 0 saturated heterocycles. The number of hydrogen-bond donors (Lipinski definition) is 0. The number of rotatable bonds is 34. The van der Waals surface area contributed by atoms with E-state index in [2.05, 4.69) is 55.4 Å². The van der Waals surface area contributed by atoms with Gasteiger partial charge in [0.15, 0.2) is 0 Å². The summed E-state index contributed by atoms with van der Waals surface area (Å²) in [4.78, 5) is 0. The summed E-state index contributed by atoms with van der Waals surface area (Å²) in [6.45, 7) is 19.7. The third-order valence-corrected chi connectivity index (χ3v) is 18.7. The summed E-state index contributed by atoms with van der Waals surface area (Å²) in [5.41, 5.74) is 0. The van der Waals surface area contributed by atoms with Crippen molar-refractivity contribution in [1.29, 1.82) is 0 Å². The minimum atomic E-state index is -1.47. The zero-order valence-corrected chi connectivity index (χ0v) is 33.1. The Bertz CT molecular complexity index is 513. The predicted octanol–water partition coefficient (Wildman–Crippen LogP) is 15.8. The van der Waals surface area contributed by atoms with Crippen LogP contribution in [-0.2, 0) is 0 Å². The van der Waals surface area contributed by atoms with E-state index in [0.29, 0.717) is 5.16 Å². The molecule has 0 aromatic carbocycles. The van der Waals surface area contributed by atoms with Crippen LogP contribution in [0, 0.1) is 11.8 Å². The van der Waals surface area contributed by atoms with Crippen LogP contribution in [0.1, 0.15) is 235 Å². The van der Waals surface area contributed by atoms with Gasteiger partial charge in [-0.05, 0) is 0 Å². The minimum absolute atomic E-state index is 0.689. The molecule has 43 heavy (non-hydrogen) atoms. The van der Waals surface area contributed by atoms with Gasteiger partial charge in [-0.1, -0.05) is 13.3 Å². The van der Waals surface area contributed by atoms with Gasteiger partial charge in [0, 0.05) is 0 Å². The molecular weight excluding hydrogens is 535 g/mol. The molecule has 0 nitrogen and oxygen atoms in total. The van der Waals surface area contributed by atoms with E-state index in [1.165, 1.54) is 161 Å². The Kier molecular flexibility index (Phi) is 30.1. The summed E-state index contributed by atoms with van der Waals surface area (Å²) in [5.74, 6) is 1.93. The summed E-state index contributed by atoms with van der Waals surface area (Å²) in [6.07, 6.45) is 46.2. The van der Waals surface area contributed by atoms with E-state index in [-0.39, 0.29) is 0 Å². The molecule has 0 bridgehead atoms. The Morgan fingerprint density at radius 1 is 0.372 bits per heavy atom. The molecule has 0 aliphatic rings. The van der Waals surface area contributed by atoms with Gasteiger partial charge >= 0.3 is 265 Å². The Balaban J connectivity index is 6.22. The van der Waals surface area contributed by atoms with Crippen molar-refractivity contribution in [3.8, 4) is 0 Å². The molecule has 2 atom stereocenters. The van der Waals surface area contributed by atoms with E-state index in [9.17, 15) is 0 Å². The first kappa shape index (κ1) is 43.4. The molecule has 0 rings (SSSR count). The Morgan fingerprint density at radius 3 is 1.02 bits per heavy atom. The van der Waals surface area contributed by atoms with Crippen molar-refractivity contribution in [1.82, 2.24) is 0 Å². The Labute approximate surface area is 277 Å². The van der Waals surface area contributed by atoms with E-state index in [0.717, 1.165) is 11.8 Å². The molecule has 1 heteroatoms. The maximum absolute atomic E-state index is 2.55. The summed E-state index contributed by atoms with van der Waals surface area (Å²) < 4.78 is 0. The van der Waals surface area contributed by atoms with Crippen LogP contribution in [0.3, 0.4) is 0 Å². The molecule has 0 aliphatic heterocycles. The predicted molar refractivity (Wildman–Crippen MR) is 207 cm³/mol.